The van der Waals surface area contributed by atoms with E-state index in [2.05, 4.69) is 43.1 Å². The molecule has 0 aromatic carbocycles. The molecule has 3 nitrogen and oxygen atoms in total. The quantitative estimate of drug-likeness (QED) is 0.772. The van der Waals surface area contributed by atoms with Gasteiger partial charge in [-0.25, -0.2) is 4.98 Å². The van der Waals surface area contributed by atoms with E-state index in [4.69, 9.17) is 4.98 Å². The first kappa shape index (κ1) is 15.3. The Bertz CT molecular complexity index is 417. The first-order chi connectivity index (χ1) is 9.72. The van der Waals surface area contributed by atoms with Gasteiger partial charge in [0, 0.05) is 25.3 Å². The molecule has 1 aliphatic heterocycles. The molecule has 1 fully saturated rings. The zero-order chi connectivity index (χ0) is 14.4. The van der Waals surface area contributed by atoms with E-state index in [1.54, 1.807) is 0 Å². The van der Waals surface area contributed by atoms with Gasteiger partial charge in [0.2, 0.25) is 0 Å². The Labute approximate surface area is 123 Å². The van der Waals surface area contributed by atoms with Gasteiger partial charge < -0.3 is 10.2 Å². The third-order valence-electron chi connectivity index (χ3n) is 4.06. The van der Waals surface area contributed by atoms with Crippen LogP contribution in [0.3, 0.4) is 0 Å². The standard InChI is InChI=1S/C17H29N3/c1-4-6-15-7-9-20(13-15)17-11-16(10-14(3)19-17)12-18-8-5-2/h10-11,15,18H,4-9,12-13H2,1-3H3. The molecule has 1 saturated heterocycles. The van der Waals surface area contributed by atoms with Crippen molar-refractivity contribution in [2.75, 3.05) is 24.5 Å². The summed E-state index contributed by atoms with van der Waals surface area (Å²) in [6.07, 6.45) is 5.16. The van der Waals surface area contributed by atoms with Gasteiger partial charge in [-0.1, -0.05) is 20.3 Å². The van der Waals surface area contributed by atoms with Gasteiger partial charge in [0.25, 0.3) is 0 Å². The molecule has 2 rings (SSSR count). The van der Waals surface area contributed by atoms with Gasteiger partial charge in [-0.15, -0.1) is 0 Å². The number of aromatic nitrogens is 1. The Morgan fingerprint density at radius 3 is 2.90 bits per heavy atom. The van der Waals surface area contributed by atoms with Crippen LogP contribution in [0.1, 0.15) is 50.8 Å². The maximum absolute atomic E-state index is 4.74. The van der Waals surface area contributed by atoms with Crippen LogP contribution in [-0.2, 0) is 6.54 Å². The minimum Gasteiger partial charge on any atom is -0.356 e. The topological polar surface area (TPSA) is 28.2 Å². The zero-order valence-corrected chi connectivity index (χ0v) is 13.3. The molecule has 0 bridgehead atoms. The van der Waals surface area contributed by atoms with Crippen LogP contribution < -0.4 is 10.2 Å². The first-order valence-corrected chi connectivity index (χ1v) is 8.16. The third kappa shape index (κ3) is 4.20. The summed E-state index contributed by atoms with van der Waals surface area (Å²) in [5, 5.41) is 3.48. The lowest BCUT2D eigenvalue weighted by Crippen LogP contribution is -2.22. The van der Waals surface area contributed by atoms with Crippen LogP contribution in [0.4, 0.5) is 5.82 Å². The Morgan fingerprint density at radius 1 is 1.30 bits per heavy atom. The van der Waals surface area contributed by atoms with Gasteiger partial charge in [-0.3, -0.25) is 0 Å². The predicted octanol–water partition coefficient (Wildman–Crippen LogP) is 3.52. The van der Waals surface area contributed by atoms with Crippen LogP contribution >= 0.6 is 0 Å². The van der Waals surface area contributed by atoms with Crippen molar-refractivity contribution in [2.45, 2.75) is 53.0 Å². The van der Waals surface area contributed by atoms with E-state index < -0.39 is 0 Å². The fourth-order valence-corrected chi connectivity index (χ4v) is 3.08. The van der Waals surface area contributed by atoms with Gasteiger partial charge in [-0.05, 0) is 56.3 Å². The summed E-state index contributed by atoms with van der Waals surface area (Å²) in [6.45, 7) is 11.0. The molecule has 1 aliphatic rings. The van der Waals surface area contributed by atoms with Crippen LogP contribution in [0.5, 0.6) is 0 Å². The van der Waals surface area contributed by atoms with Gasteiger partial charge in [0.05, 0.1) is 0 Å². The van der Waals surface area contributed by atoms with E-state index >= 15 is 0 Å². The number of aryl methyl sites for hydroxylation is 1. The van der Waals surface area contributed by atoms with Crippen LogP contribution in [-0.4, -0.2) is 24.6 Å². The van der Waals surface area contributed by atoms with Crippen molar-refractivity contribution in [3.05, 3.63) is 23.4 Å². The molecule has 1 atom stereocenters. The summed E-state index contributed by atoms with van der Waals surface area (Å²) in [5.41, 5.74) is 2.50. The molecule has 2 heterocycles. The minimum absolute atomic E-state index is 0.865. The molecule has 0 amide bonds. The lowest BCUT2D eigenvalue weighted by Gasteiger charge is -2.19. The molecular formula is C17H29N3. The number of nitrogens with zero attached hydrogens (tertiary/aromatic N) is 2. The fourth-order valence-electron chi connectivity index (χ4n) is 3.08. The highest BCUT2D eigenvalue weighted by Crippen LogP contribution is 2.26. The monoisotopic (exact) mass is 275 g/mol. The van der Waals surface area contributed by atoms with Gasteiger partial charge in [-0.2, -0.15) is 0 Å². The first-order valence-electron chi connectivity index (χ1n) is 8.16. The molecular weight excluding hydrogens is 246 g/mol. The maximum Gasteiger partial charge on any atom is 0.129 e. The highest BCUT2D eigenvalue weighted by Gasteiger charge is 2.22. The SMILES string of the molecule is CCCNCc1cc(C)nc(N2CCC(CCC)C2)c1. The second kappa shape index (κ2) is 7.63. The molecule has 0 spiro atoms. The number of rotatable bonds is 7. The van der Waals surface area contributed by atoms with Crippen molar-refractivity contribution >= 4 is 5.82 Å². The lowest BCUT2D eigenvalue weighted by molar-refractivity contribution is 0.529. The second-order valence-corrected chi connectivity index (χ2v) is 6.04. The molecule has 0 aliphatic carbocycles. The highest BCUT2D eigenvalue weighted by molar-refractivity contribution is 5.43. The minimum atomic E-state index is 0.865. The van der Waals surface area contributed by atoms with Crippen molar-refractivity contribution in [3.63, 3.8) is 0 Å². The molecule has 1 unspecified atom stereocenters. The summed E-state index contributed by atoms with van der Waals surface area (Å²) in [7, 11) is 0. The van der Waals surface area contributed by atoms with Gasteiger partial charge >= 0.3 is 0 Å². The van der Waals surface area contributed by atoms with E-state index in [9.17, 15) is 0 Å². The van der Waals surface area contributed by atoms with Crippen LogP contribution in [0, 0.1) is 12.8 Å². The Morgan fingerprint density at radius 2 is 2.15 bits per heavy atom. The number of anilines is 1. The largest absolute Gasteiger partial charge is 0.356 e. The zero-order valence-electron chi connectivity index (χ0n) is 13.3. The summed E-state index contributed by atoms with van der Waals surface area (Å²) >= 11 is 0. The molecule has 0 radical (unpaired) electrons. The fraction of sp³-hybridized carbons (Fsp3) is 0.706. The number of nitrogens with one attached hydrogen (secondary N) is 1. The van der Waals surface area contributed by atoms with Crippen LogP contribution in [0.25, 0.3) is 0 Å². The second-order valence-electron chi connectivity index (χ2n) is 6.04. The van der Waals surface area contributed by atoms with Crippen molar-refractivity contribution in [3.8, 4) is 0 Å². The normalized spacial score (nSPS) is 18.8. The number of hydrogen-bond donors (Lipinski definition) is 1. The van der Waals surface area contributed by atoms with E-state index in [1.807, 2.05) is 0 Å². The number of hydrogen-bond acceptors (Lipinski definition) is 3. The molecule has 20 heavy (non-hydrogen) atoms. The average Bonchev–Trinajstić information content (AvgIpc) is 2.88. The van der Waals surface area contributed by atoms with Crippen molar-refractivity contribution in [1.82, 2.24) is 10.3 Å². The van der Waals surface area contributed by atoms with Gasteiger partial charge in [0.1, 0.15) is 5.82 Å². The van der Waals surface area contributed by atoms with E-state index in [0.717, 1.165) is 24.7 Å². The van der Waals surface area contributed by atoms with Crippen molar-refractivity contribution in [1.29, 1.82) is 0 Å². The average molecular weight is 275 g/mol. The van der Waals surface area contributed by atoms with E-state index in [1.165, 1.54) is 50.2 Å². The molecule has 1 N–H and O–H groups in total. The van der Waals surface area contributed by atoms with Crippen LogP contribution in [0.15, 0.2) is 12.1 Å². The van der Waals surface area contributed by atoms with E-state index in [0.29, 0.717) is 0 Å². The van der Waals surface area contributed by atoms with Crippen LogP contribution in [0.2, 0.25) is 0 Å². The van der Waals surface area contributed by atoms with Crippen molar-refractivity contribution in [2.24, 2.45) is 5.92 Å². The molecule has 0 saturated carbocycles. The molecule has 1 aromatic rings. The maximum atomic E-state index is 4.74. The van der Waals surface area contributed by atoms with Gasteiger partial charge in [0.15, 0.2) is 0 Å². The highest BCUT2D eigenvalue weighted by atomic mass is 15.2. The summed E-state index contributed by atoms with van der Waals surface area (Å²) in [4.78, 5) is 7.21. The Kier molecular flexibility index (Phi) is 5.84. The van der Waals surface area contributed by atoms with E-state index in [-0.39, 0.29) is 0 Å². The summed E-state index contributed by atoms with van der Waals surface area (Å²) < 4.78 is 0. The molecule has 3 heteroatoms. The Hall–Kier alpha value is -1.09. The third-order valence-corrected chi connectivity index (χ3v) is 4.06. The van der Waals surface area contributed by atoms with Crippen molar-refractivity contribution < 1.29 is 0 Å². The molecule has 112 valence electrons. The smallest absolute Gasteiger partial charge is 0.129 e. The number of pyridine rings is 1. The Balaban J connectivity index is 2.00. The summed E-state index contributed by atoms with van der Waals surface area (Å²) in [6, 6.07) is 4.47. The predicted molar refractivity (Wildman–Crippen MR) is 86.2 cm³/mol. The summed E-state index contributed by atoms with van der Waals surface area (Å²) in [5.74, 6) is 2.04. The lowest BCUT2D eigenvalue weighted by atomic mass is 10.0. The molecule has 1 aromatic heterocycles.